The number of fused-ring (bicyclic) bond motifs is 1. The molecule has 0 amide bonds. The van der Waals surface area contributed by atoms with Crippen LogP contribution in [0.1, 0.15) is 12.6 Å². The minimum Gasteiger partial charge on any atom is -0.411 e. The minimum atomic E-state index is 0.550. The van der Waals surface area contributed by atoms with Crippen LogP contribution in [0.25, 0.3) is 15.4 Å². The summed E-state index contributed by atoms with van der Waals surface area (Å²) in [7, 11) is 0. The van der Waals surface area contributed by atoms with Crippen LogP contribution in [-0.2, 0) is 0 Å². The molecular formula is C13H10ClN3OS. The highest BCUT2D eigenvalue weighted by molar-refractivity contribution is 7.20. The molecule has 0 fully saturated rings. The van der Waals surface area contributed by atoms with Crippen LogP contribution >= 0.6 is 22.9 Å². The summed E-state index contributed by atoms with van der Waals surface area (Å²) < 4.78 is 1.92. The third kappa shape index (κ3) is 2.01. The number of benzene rings is 1. The molecule has 1 aromatic carbocycles. The summed E-state index contributed by atoms with van der Waals surface area (Å²) in [5.74, 6) is 0. The van der Waals surface area contributed by atoms with Crippen LogP contribution in [0.5, 0.6) is 0 Å². The zero-order valence-corrected chi connectivity index (χ0v) is 11.6. The summed E-state index contributed by atoms with van der Waals surface area (Å²) in [4.78, 5) is 6.15. The lowest BCUT2D eigenvalue weighted by Crippen LogP contribution is -2.00. The molecule has 0 atom stereocenters. The lowest BCUT2D eigenvalue weighted by Gasteiger charge is -2.03. The van der Waals surface area contributed by atoms with Crippen molar-refractivity contribution in [2.24, 2.45) is 5.16 Å². The van der Waals surface area contributed by atoms with E-state index in [9.17, 15) is 0 Å². The van der Waals surface area contributed by atoms with Crippen molar-refractivity contribution < 1.29 is 5.21 Å². The van der Waals surface area contributed by atoms with Gasteiger partial charge in [0.1, 0.15) is 5.71 Å². The van der Waals surface area contributed by atoms with Gasteiger partial charge in [0.05, 0.1) is 10.6 Å². The highest BCUT2D eigenvalue weighted by Crippen LogP contribution is 2.33. The second-order valence-corrected chi connectivity index (χ2v) is 5.47. The number of imidazole rings is 1. The van der Waals surface area contributed by atoms with Crippen molar-refractivity contribution >= 4 is 33.6 Å². The van der Waals surface area contributed by atoms with Gasteiger partial charge in [0.2, 0.25) is 0 Å². The van der Waals surface area contributed by atoms with Crippen molar-refractivity contribution in [3.8, 4) is 10.4 Å². The van der Waals surface area contributed by atoms with Gasteiger partial charge in [0.15, 0.2) is 4.96 Å². The molecule has 4 nitrogen and oxygen atoms in total. The van der Waals surface area contributed by atoms with Gasteiger partial charge in [0, 0.05) is 17.4 Å². The lowest BCUT2D eigenvalue weighted by molar-refractivity contribution is 0.319. The summed E-state index contributed by atoms with van der Waals surface area (Å²) in [6, 6.07) is 7.58. The van der Waals surface area contributed by atoms with E-state index in [4.69, 9.17) is 16.8 Å². The number of thiazole rings is 1. The monoisotopic (exact) mass is 291 g/mol. The Labute approximate surface area is 118 Å². The average Bonchev–Trinajstić information content (AvgIpc) is 2.98. The fraction of sp³-hybridized carbons (Fsp3) is 0.0769. The second kappa shape index (κ2) is 4.68. The molecule has 1 N–H and O–H groups in total. The number of nitrogens with zero attached hydrogens (tertiary/aromatic N) is 3. The van der Waals surface area contributed by atoms with Crippen molar-refractivity contribution in [3.05, 3.63) is 47.4 Å². The maximum atomic E-state index is 9.06. The average molecular weight is 292 g/mol. The maximum Gasteiger partial charge on any atom is 0.194 e. The molecule has 0 saturated heterocycles. The van der Waals surface area contributed by atoms with Crippen molar-refractivity contribution in [2.45, 2.75) is 6.92 Å². The molecule has 0 saturated carbocycles. The van der Waals surface area contributed by atoms with Gasteiger partial charge in [-0.1, -0.05) is 40.2 Å². The van der Waals surface area contributed by atoms with Crippen LogP contribution < -0.4 is 0 Å². The molecule has 0 radical (unpaired) electrons. The highest BCUT2D eigenvalue weighted by Gasteiger charge is 2.17. The second-order valence-electron chi connectivity index (χ2n) is 4.05. The van der Waals surface area contributed by atoms with Crippen LogP contribution in [0.4, 0.5) is 0 Å². The number of aromatic nitrogens is 2. The molecule has 0 bridgehead atoms. The Bertz CT molecular complexity index is 758. The lowest BCUT2D eigenvalue weighted by atomic mass is 10.1. The molecule has 96 valence electrons. The van der Waals surface area contributed by atoms with E-state index in [1.807, 2.05) is 34.9 Å². The van der Waals surface area contributed by atoms with Crippen LogP contribution in [0, 0.1) is 0 Å². The molecule has 6 heteroatoms. The van der Waals surface area contributed by atoms with Gasteiger partial charge in [-0.2, -0.15) is 0 Å². The molecule has 0 spiro atoms. The topological polar surface area (TPSA) is 49.9 Å². The van der Waals surface area contributed by atoms with E-state index in [0.29, 0.717) is 10.7 Å². The molecule has 0 unspecified atom stereocenters. The van der Waals surface area contributed by atoms with Gasteiger partial charge in [-0.3, -0.25) is 4.40 Å². The van der Waals surface area contributed by atoms with E-state index >= 15 is 0 Å². The molecule has 2 aromatic heterocycles. The number of hydrogen-bond donors (Lipinski definition) is 1. The van der Waals surface area contributed by atoms with E-state index in [-0.39, 0.29) is 0 Å². The van der Waals surface area contributed by atoms with Crippen LogP contribution in [-0.4, -0.2) is 20.3 Å². The van der Waals surface area contributed by atoms with Crippen molar-refractivity contribution in [1.29, 1.82) is 0 Å². The molecule has 0 aliphatic carbocycles. The fourth-order valence-electron chi connectivity index (χ4n) is 1.97. The van der Waals surface area contributed by atoms with Crippen LogP contribution in [0.3, 0.4) is 0 Å². The van der Waals surface area contributed by atoms with Gasteiger partial charge in [-0.15, -0.1) is 0 Å². The van der Waals surface area contributed by atoms with Crippen LogP contribution in [0.2, 0.25) is 5.02 Å². The van der Waals surface area contributed by atoms with Crippen molar-refractivity contribution in [1.82, 2.24) is 9.38 Å². The first-order chi connectivity index (χ1) is 9.20. The molecule has 3 rings (SSSR count). The van der Waals surface area contributed by atoms with E-state index in [1.165, 1.54) is 0 Å². The summed E-state index contributed by atoms with van der Waals surface area (Å²) >= 11 is 7.46. The van der Waals surface area contributed by atoms with Crippen molar-refractivity contribution in [2.75, 3.05) is 0 Å². The number of oxime groups is 1. The van der Waals surface area contributed by atoms with Gasteiger partial charge in [0.25, 0.3) is 0 Å². The Morgan fingerprint density at radius 1 is 1.37 bits per heavy atom. The van der Waals surface area contributed by atoms with E-state index < -0.39 is 0 Å². The van der Waals surface area contributed by atoms with Gasteiger partial charge in [-0.25, -0.2) is 4.98 Å². The Kier molecular flexibility index (Phi) is 3.00. The van der Waals surface area contributed by atoms with E-state index in [2.05, 4.69) is 10.1 Å². The van der Waals surface area contributed by atoms with E-state index in [1.54, 1.807) is 24.5 Å². The molecule has 19 heavy (non-hydrogen) atoms. The molecule has 3 aromatic rings. The number of hydrogen-bond acceptors (Lipinski definition) is 4. The van der Waals surface area contributed by atoms with Gasteiger partial charge in [-0.05, 0) is 24.6 Å². The predicted molar refractivity (Wildman–Crippen MR) is 77.5 cm³/mol. The number of rotatable bonds is 2. The Morgan fingerprint density at radius 3 is 2.79 bits per heavy atom. The van der Waals surface area contributed by atoms with Crippen LogP contribution in [0.15, 0.2) is 41.8 Å². The summed E-state index contributed by atoms with van der Waals surface area (Å²) in [5.41, 5.74) is 2.43. The first-order valence-electron chi connectivity index (χ1n) is 5.61. The minimum absolute atomic E-state index is 0.550. The zero-order valence-electron chi connectivity index (χ0n) is 10.0. The molecular weight excluding hydrogens is 282 g/mol. The SMILES string of the molecule is C/C(=N/O)c1c(-c2ccc(Cl)cc2)sc2nccn12. The summed E-state index contributed by atoms with van der Waals surface area (Å²) in [6.07, 6.45) is 3.58. The molecule has 2 heterocycles. The third-order valence-electron chi connectivity index (χ3n) is 2.86. The van der Waals surface area contributed by atoms with Crippen molar-refractivity contribution in [3.63, 3.8) is 0 Å². The highest BCUT2D eigenvalue weighted by atomic mass is 35.5. The van der Waals surface area contributed by atoms with E-state index in [0.717, 1.165) is 21.1 Å². The Hall–Kier alpha value is -1.85. The third-order valence-corrected chi connectivity index (χ3v) is 4.23. The molecule has 0 aliphatic heterocycles. The smallest absolute Gasteiger partial charge is 0.194 e. The fourth-order valence-corrected chi connectivity index (χ4v) is 3.24. The molecule has 0 aliphatic rings. The summed E-state index contributed by atoms with van der Waals surface area (Å²) in [5, 5.41) is 13.1. The Morgan fingerprint density at radius 2 is 2.11 bits per heavy atom. The van der Waals surface area contributed by atoms with Gasteiger partial charge < -0.3 is 5.21 Å². The zero-order chi connectivity index (χ0) is 13.4. The Balaban J connectivity index is 2.28. The largest absolute Gasteiger partial charge is 0.411 e. The first kappa shape index (κ1) is 12.2. The number of halogens is 1. The first-order valence-corrected chi connectivity index (χ1v) is 6.81. The van der Waals surface area contributed by atoms with Gasteiger partial charge >= 0.3 is 0 Å². The quantitative estimate of drug-likeness (QED) is 0.442. The predicted octanol–water partition coefficient (Wildman–Crippen LogP) is 3.91. The standard InChI is InChI=1S/C13H10ClN3OS/c1-8(16-18)11-12(9-2-4-10(14)5-3-9)19-13-15-6-7-17(11)13/h2-7,18H,1H3/b16-8-. The normalized spacial score (nSPS) is 12.2. The maximum absolute atomic E-state index is 9.06. The summed E-state index contributed by atoms with van der Waals surface area (Å²) in [6.45, 7) is 1.76.